The second kappa shape index (κ2) is 8.69. The molecule has 1 N–H and O–H groups in total. The fourth-order valence-corrected chi connectivity index (χ4v) is 5.52. The molecule has 1 fully saturated rings. The van der Waals surface area contributed by atoms with Crippen molar-refractivity contribution >= 4 is 61.9 Å². The van der Waals surface area contributed by atoms with Crippen molar-refractivity contribution in [2.75, 3.05) is 4.90 Å². The third-order valence-electron chi connectivity index (χ3n) is 5.32. The molecule has 0 saturated carbocycles. The molecule has 1 aliphatic rings. The third-order valence-corrected chi connectivity index (χ3v) is 7.12. The number of nitrogens with one attached hydrogen (secondary N) is 1. The minimum atomic E-state index is -0.119. The molecule has 1 amide bonds. The van der Waals surface area contributed by atoms with E-state index in [1.807, 2.05) is 68.5 Å². The van der Waals surface area contributed by atoms with Gasteiger partial charge in [-0.3, -0.25) is 9.69 Å². The topological polar surface area (TPSA) is 79.7 Å². The molecule has 0 atom stereocenters. The minimum Gasteiger partial charge on any atom is -0.318 e. The van der Waals surface area contributed by atoms with Crippen LogP contribution in [-0.2, 0) is 4.79 Å². The van der Waals surface area contributed by atoms with Gasteiger partial charge in [0.05, 0.1) is 10.6 Å². The first-order valence-corrected chi connectivity index (χ1v) is 12.0. The largest absolute Gasteiger partial charge is 0.318 e. The van der Waals surface area contributed by atoms with Crippen molar-refractivity contribution in [1.82, 2.24) is 25.2 Å². The van der Waals surface area contributed by atoms with Gasteiger partial charge in [-0.1, -0.05) is 58.1 Å². The maximum atomic E-state index is 13.2. The van der Waals surface area contributed by atoms with Gasteiger partial charge in [-0.05, 0) is 67.1 Å². The summed E-state index contributed by atoms with van der Waals surface area (Å²) in [5, 5.41) is 14.3. The highest BCUT2D eigenvalue weighted by molar-refractivity contribution is 9.10. The van der Waals surface area contributed by atoms with E-state index in [2.05, 4.69) is 47.2 Å². The van der Waals surface area contributed by atoms with E-state index in [0.29, 0.717) is 15.1 Å². The van der Waals surface area contributed by atoms with Crippen molar-refractivity contribution in [3.05, 3.63) is 80.9 Å². The smallest absolute Gasteiger partial charge is 0.270 e. The summed E-state index contributed by atoms with van der Waals surface area (Å²) >= 11 is 10.3. The van der Waals surface area contributed by atoms with Gasteiger partial charge in [-0.2, -0.15) is 5.21 Å². The Hall–Kier alpha value is -3.08. The summed E-state index contributed by atoms with van der Waals surface area (Å²) in [6, 6.07) is 17.6. The third kappa shape index (κ3) is 4.05. The number of aromatic amines is 1. The second-order valence-electron chi connectivity index (χ2n) is 7.44. The molecule has 0 aliphatic carbocycles. The summed E-state index contributed by atoms with van der Waals surface area (Å²) < 4.78 is 3.56. The standard InChI is InChI=1S/C23H17BrN6OS2/c1-13-9-16(11-20-22(31)30(23(32)33-20)19-8-4-6-17(24)12-19)14(2)29(13)18-7-3-5-15(10-18)21-25-27-28-26-21/h3-12H,1-2H3,(H,25,26,27,28)/b20-11-. The van der Waals surface area contributed by atoms with Gasteiger partial charge in [-0.25, -0.2) is 0 Å². The van der Waals surface area contributed by atoms with Crippen LogP contribution in [0.25, 0.3) is 23.2 Å². The summed E-state index contributed by atoms with van der Waals surface area (Å²) in [5.41, 5.74) is 5.63. The van der Waals surface area contributed by atoms with Gasteiger partial charge in [-0.15, -0.1) is 10.2 Å². The molecule has 33 heavy (non-hydrogen) atoms. The Morgan fingerprint density at radius 1 is 1.09 bits per heavy atom. The molecule has 1 saturated heterocycles. The van der Waals surface area contributed by atoms with Crippen LogP contribution in [0.1, 0.15) is 17.0 Å². The van der Waals surface area contributed by atoms with E-state index < -0.39 is 0 Å². The number of aromatic nitrogens is 5. The number of thioether (sulfide) groups is 1. The SMILES string of the molecule is Cc1cc(/C=C2\SC(=S)N(c3cccc(Br)c3)C2=O)c(C)n1-c1cccc(-c2nn[nH]n2)c1. The van der Waals surface area contributed by atoms with Crippen LogP contribution in [0, 0.1) is 13.8 Å². The Labute approximate surface area is 208 Å². The lowest BCUT2D eigenvalue weighted by Crippen LogP contribution is -2.27. The van der Waals surface area contributed by atoms with Crippen molar-refractivity contribution < 1.29 is 4.79 Å². The van der Waals surface area contributed by atoms with E-state index in [0.717, 1.165) is 38.4 Å². The van der Waals surface area contributed by atoms with Crippen molar-refractivity contribution in [3.63, 3.8) is 0 Å². The predicted octanol–water partition coefficient (Wildman–Crippen LogP) is 5.44. The highest BCUT2D eigenvalue weighted by Crippen LogP contribution is 2.37. The lowest BCUT2D eigenvalue weighted by atomic mass is 10.2. The molecule has 2 aromatic heterocycles. The average Bonchev–Trinajstić information content (AvgIpc) is 3.48. The molecule has 0 spiro atoms. The monoisotopic (exact) mass is 536 g/mol. The molecule has 2 aromatic carbocycles. The van der Waals surface area contributed by atoms with Gasteiger partial charge in [0.1, 0.15) is 0 Å². The average molecular weight is 537 g/mol. The van der Waals surface area contributed by atoms with Crippen LogP contribution in [0.4, 0.5) is 5.69 Å². The van der Waals surface area contributed by atoms with Crippen LogP contribution in [0.5, 0.6) is 0 Å². The number of tetrazole rings is 1. The van der Waals surface area contributed by atoms with E-state index in [1.54, 1.807) is 4.90 Å². The molecule has 5 rings (SSSR count). The van der Waals surface area contributed by atoms with Crippen LogP contribution in [0.3, 0.4) is 0 Å². The quantitative estimate of drug-likeness (QED) is 0.276. The number of thiocarbonyl (C=S) groups is 1. The van der Waals surface area contributed by atoms with E-state index in [1.165, 1.54) is 11.8 Å². The van der Waals surface area contributed by atoms with Crippen LogP contribution in [0.2, 0.25) is 0 Å². The molecule has 4 aromatic rings. The minimum absolute atomic E-state index is 0.119. The fourth-order valence-electron chi connectivity index (χ4n) is 3.85. The number of carbonyl (C=O) groups excluding carboxylic acids is 1. The van der Waals surface area contributed by atoms with E-state index in [4.69, 9.17) is 12.2 Å². The van der Waals surface area contributed by atoms with Gasteiger partial charge in [0.2, 0.25) is 5.82 Å². The maximum Gasteiger partial charge on any atom is 0.270 e. The van der Waals surface area contributed by atoms with Gasteiger partial charge < -0.3 is 4.57 Å². The number of aryl methyl sites for hydroxylation is 1. The fraction of sp³-hybridized carbons (Fsp3) is 0.0870. The number of carbonyl (C=O) groups is 1. The molecule has 0 bridgehead atoms. The lowest BCUT2D eigenvalue weighted by molar-refractivity contribution is -0.113. The number of hydrogen-bond acceptors (Lipinski definition) is 6. The Kier molecular flexibility index (Phi) is 5.73. The first kappa shape index (κ1) is 21.7. The predicted molar refractivity (Wildman–Crippen MR) is 138 cm³/mol. The van der Waals surface area contributed by atoms with Gasteiger partial charge in [0.15, 0.2) is 4.32 Å². The van der Waals surface area contributed by atoms with Gasteiger partial charge in [0.25, 0.3) is 5.91 Å². The van der Waals surface area contributed by atoms with E-state index in [-0.39, 0.29) is 5.91 Å². The number of halogens is 1. The summed E-state index contributed by atoms with van der Waals surface area (Å²) in [7, 11) is 0. The Bertz CT molecular complexity index is 1430. The van der Waals surface area contributed by atoms with E-state index >= 15 is 0 Å². The Morgan fingerprint density at radius 2 is 1.88 bits per heavy atom. The Morgan fingerprint density at radius 3 is 2.64 bits per heavy atom. The zero-order valence-electron chi connectivity index (χ0n) is 17.6. The van der Waals surface area contributed by atoms with Crippen LogP contribution < -0.4 is 4.90 Å². The molecular formula is C23H17BrN6OS2. The number of rotatable bonds is 4. The number of amides is 1. The first-order valence-electron chi connectivity index (χ1n) is 9.99. The molecule has 0 unspecified atom stereocenters. The Balaban J connectivity index is 1.50. The first-order chi connectivity index (χ1) is 15.9. The van der Waals surface area contributed by atoms with E-state index in [9.17, 15) is 4.79 Å². The highest BCUT2D eigenvalue weighted by Gasteiger charge is 2.33. The maximum absolute atomic E-state index is 13.2. The lowest BCUT2D eigenvalue weighted by Gasteiger charge is -2.14. The molecule has 3 heterocycles. The van der Waals surface area contributed by atoms with Crippen molar-refractivity contribution in [3.8, 4) is 17.1 Å². The van der Waals surface area contributed by atoms with Crippen LogP contribution >= 0.6 is 39.9 Å². The number of hydrogen-bond donors (Lipinski definition) is 1. The highest BCUT2D eigenvalue weighted by atomic mass is 79.9. The second-order valence-corrected chi connectivity index (χ2v) is 10.0. The molecule has 1 aliphatic heterocycles. The van der Waals surface area contributed by atoms with Gasteiger partial charge in [0, 0.05) is 27.1 Å². The van der Waals surface area contributed by atoms with Crippen molar-refractivity contribution in [2.45, 2.75) is 13.8 Å². The molecule has 10 heteroatoms. The van der Waals surface area contributed by atoms with Crippen LogP contribution in [0.15, 0.2) is 64.0 Å². The normalized spacial score (nSPS) is 15.1. The van der Waals surface area contributed by atoms with Crippen molar-refractivity contribution in [1.29, 1.82) is 0 Å². The van der Waals surface area contributed by atoms with Crippen LogP contribution in [-0.4, -0.2) is 35.4 Å². The molecule has 7 nitrogen and oxygen atoms in total. The summed E-state index contributed by atoms with van der Waals surface area (Å²) in [5.74, 6) is 0.419. The van der Waals surface area contributed by atoms with Crippen molar-refractivity contribution in [2.24, 2.45) is 0 Å². The summed E-state index contributed by atoms with van der Waals surface area (Å²) in [6.07, 6.45) is 1.92. The van der Waals surface area contributed by atoms with Gasteiger partial charge >= 0.3 is 0 Å². The number of benzene rings is 2. The number of H-pyrrole nitrogens is 1. The molecule has 164 valence electrons. The number of anilines is 1. The zero-order chi connectivity index (χ0) is 23.1. The summed E-state index contributed by atoms with van der Waals surface area (Å²) in [4.78, 5) is 15.4. The molecule has 0 radical (unpaired) electrons. The summed E-state index contributed by atoms with van der Waals surface area (Å²) in [6.45, 7) is 4.08. The zero-order valence-corrected chi connectivity index (χ0v) is 20.8. The molecular weight excluding hydrogens is 520 g/mol. The number of nitrogens with zero attached hydrogens (tertiary/aromatic N) is 5.